The summed E-state index contributed by atoms with van der Waals surface area (Å²) in [6.45, 7) is 0. The quantitative estimate of drug-likeness (QED) is 0.106. The van der Waals surface area contributed by atoms with Crippen LogP contribution in [0.1, 0.15) is 54.7 Å². The zero-order valence-electron chi connectivity index (χ0n) is 33.6. The Kier molecular flexibility index (Phi) is 9.56. The van der Waals surface area contributed by atoms with Crippen LogP contribution in [0.25, 0.3) is 27.8 Å². The SMILES string of the molecule is COC(=O)c1ccc(C2=c3ccc([nH]3)=C(c3n(C)cc[n+]3C)C3=NC(Cl)(C=C3)C(Cl)c3[nH]c(cc3-c3ccc(C(=O)OC)cc3)C(c3n(C)cc[n+]3C)=C3C=CC2=N3)cc1. The number of methoxy groups -OCH3 is 2. The normalized spacial score (nSPS) is 18.3. The van der Waals surface area contributed by atoms with Crippen molar-refractivity contribution in [2.24, 2.45) is 38.2 Å². The van der Waals surface area contributed by atoms with E-state index < -0.39 is 22.3 Å². The second kappa shape index (κ2) is 14.8. The first kappa shape index (κ1) is 38.7. The molecule has 2 atom stereocenters. The summed E-state index contributed by atoms with van der Waals surface area (Å²) in [5.41, 5.74) is 9.08. The van der Waals surface area contributed by atoms with Crippen molar-refractivity contribution >= 4 is 63.3 Å². The third-order valence-electron chi connectivity index (χ3n) is 11.1. The van der Waals surface area contributed by atoms with Crippen molar-refractivity contribution in [3.8, 4) is 11.1 Å². The molecule has 2 unspecified atom stereocenters. The molecule has 4 aromatic heterocycles. The van der Waals surface area contributed by atoms with Crippen LogP contribution in [0.5, 0.6) is 0 Å². The van der Waals surface area contributed by atoms with Crippen molar-refractivity contribution in [3.05, 3.63) is 172 Å². The number of esters is 2. The lowest BCUT2D eigenvalue weighted by Crippen LogP contribution is -2.35. The van der Waals surface area contributed by atoms with Crippen LogP contribution in [0.3, 0.4) is 0 Å². The van der Waals surface area contributed by atoms with Crippen LogP contribution < -0.4 is 19.8 Å². The van der Waals surface area contributed by atoms with Gasteiger partial charge in [0.2, 0.25) is 0 Å². The van der Waals surface area contributed by atoms with E-state index in [4.69, 9.17) is 42.7 Å². The molecule has 12 nitrogen and oxygen atoms in total. The minimum atomic E-state index is -1.42. The summed E-state index contributed by atoms with van der Waals surface area (Å²) in [5.74, 6) is 0.888. The molecule has 0 fully saturated rings. The number of nitrogens with zero attached hydrogens (tertiary/aromatic N) is 6. The maximum Gasteiger partial charge on any atom is 0.337 e. The molecule has 14 heteroatoms. The molecule has 0 spiro atoms. The smallest absolute Gasteiger partial charge is 0.337 e. The lowest BCUT2D eigenvalue weighted by atomic mass is 9.99. The summed E-state index contributed by atoms with van der Waals surface area (Å²) in [5, 5.41) is 0.687. The molecule has 0 saturated heterocycles. The standard InChI is InChI=1S/C46H38Cl2N8O4/c1-53-21-22-54(2)42(53)38-33-17-15-31(49-33)37(27-9-13-29(14-10-27)45(58)60-6)32-16-18-34(50-32)39(43-55(3)23-24-56(43)4)36-25-30(26-7-11-28(12-8-26)44(57)59-5)40(51-36)41(47)46(48)20-19-35(38)52-46/h7-25,41H,1-6H3/p+2. The van der Waals surface area contributed by atoms with Crippen molar-refractivity contribution < 1.29 is 28.2 Å². The Morgan fingerprint density at radius 1 is 0.733 bits per heavy atom. The average Bonchev–Trinajstić information content (AvgIpc) is 4.14. The number of nitrogens with one attached hydrogen (secondary N) is 2. The minimum Gasteiger partial charge on any atom is -0.465 e. The van der Waals surface area contributed by atoms with Crippen LogP contribution in [0.4, 0.5) is 0 Å². The molecule has 7 heterocycles. The third kappa shape index (κ3) is 6.39. The van der Waals surface area contributed by atoms with Crippen LogP contribution in [0.2, 0.25) is 0 Å². The summed E-state index contributed by atoms with van der Waals surface area (Å²) in [6.07, 6.45) is 15.7. The Morgan fingerprint density at radius 3 is 1.87 bits per heavy atom. The second-order valence-corrected chi connectivity index (χ2v) is 15.9. The number of hydrogen-bond donors (Lipinski definition) is 2. The van der Waals surface area contributed by atoms with Gasteiger partial charge in [-0.3, -0.25) is 4.99 Å². The van der Waals surface area contributed by atoms with E-state index in [0.717, 1.165) is 61.5 Å². The number of benzene rings is 2. The van der Waals surface area contributed by atoms with Crippen molar-refractivity contribution in [2.45, 2.75) is 10.4 Å². The summed E-state index contributed by atoms with van der Waals surface area (Å²) in [4.78, 5) is 41.5. The number of imidazole rings is 2. The maximum absolute atomic E-state index is 12.5. The van der Waals surface area contributed by atoms with Gasteiger partial charge in [-0.1, -0.05) is 35.9 Å². The number of rotatable bonds is 6. The first-order chi connectivity index (χ1) is 28.9. The number of carbonyl (C=O) groups excluding carboxylic acids is 2. The van der Waals surface area contributed by atoms with Gasteiger partial charge in [-0.2, -0.15) is 0 Å². The van der Waals surface area contributed by atoms with E-state index in [9.17, 15) is 9.59 Å². The average molecular weight is 840 g/mol. The summed E-state index contributed by atoms with van der Waals surface area (Å²) in [7, 11) is 10.7. The van der Waals surface area contributed by atoms with Gasteiger partial charge in [0.25, 0.3) is 11.6 Å². The number of H-pyrrole nitrogens is 2. The first-order valence-electron chi connectivity index (χ1n) is 19.1. The molecular weight excluding hydrogens is 799 g/mol. The van der Waals surface area contributed by atoms with E-state index in [-0.39, 0.29) is 0 Å². The second-order valence-electron chi connectivity index (χ2n) is 14.9. The molecule has 2 aromatic carbocycles. The van der Waals surface area contributed by atoms with Gasteiger partial charge in [0.15, 0.2) is 5.00 Å². The van der Waals surface area contributed by atoms with Gasteiger partial charge in [0.05, 0.1) is 81.7 Å². The van der Waals surface area contributed by atoms with Gasteiger partial charge >= 0.3 is 11.9 Å². The number of allylic oxidation sites excluding steroid dienone is 3. The van der Waals surface area contributed by atoms with Gasteiger partial charge in [-0.05, 0) is 77.9 Å². The number of halogens is 2. The number of fused-ring (bicyclic) bond motifs is 6. The Hall–Kier alpha value is -6.76. The molecule has 9 rings (SSSR count). The number of alkyl halides is 2. The zero-order valence-corrected chi connectivity index (χ0v) is 35.1. The summed E-state index contributed by atoms with van der Waals surface area (Å²) < 4.78 is 18.1. The monoisotopic (exact) mass is 838 g/mol. The fraction of sp³-hybridized carbons (Fsp3) is 0.174. The minimum absolute atomic E-state index is 0.418. The van der Waals surface area contributed by atoms with E-state index in [0.29, 0.717) is 33.9 Å². The van der Waals surface area contributed by atoms with Gasteiger partial charge in [-0.15, -0.1) is 11.6 Å². The fourth-order valence-electron chi connectivity index (χ4n) is 8.18. The number of aliphatic imine (C=N–C) groups is 2. The highest BCUT2D eigenvalue weighted by Gasteiger charge is 2.42. The van der Waals surface area contributed by atoms with Crippen LogP contribution >= 0.6 is 23.2 Å². The van der Waals surface area contributed by atoms with Crippen LogP contribution in [-0.2, 0) is 37.7 Å². The molecule has 0 radical (unpaired) electrons. The van der Waals surface area contributed by atoms with Gasteiger partial charge in [0.1, 0.15) is 41.3 Å². The molecule has 3 aliphatic heterocycles. The number of carbonyl (C=O) groups is 2. The number of aromatic amines is 2. The first-order valence-corrected chi connectivity index (χ1v) is 19.9. The van der Waals surface area contributed by atoms with E-state index in [1.165, 1.54) is 14.2 Å². The highest BCUT2D eigenvalue weighted by Crippen LogP contribution is 2.47. The Bertz CT molecular complexity index is 3020. The van der Waals surface area contributed by atoms with Gasteiger partial charge in [-0.25, -0.2) is 32.8 Å². The van der Waals surface area contributed by atoms with E-state index >= 15 is 0 Å². The zero-order chi connectivity index (χ0) is 42.0. The van der Waals surface area contributed by atoms with Crippen molar-refractivity contribution in [3.63, 3.8) is 0 Å². The highest BCUT2D eigenvalue weighted by atomic mass is 35.5. The van der Waals surface area contributed by atoms with Crippen molar-refractivity contribution in [2.75, 3.05) is 14.2 Å². The molecule has 2 N–H and O–H groups in total. The predicted molar refractivity (Wildman–Crippen MR) is 230 cm³/mol. The van der Waals surface area contributed by atoms with Gasteiger partial charge < -0.3 is 19.4 Å². The third-order valence-corrected chi connectivity index (χ3v) is 12.2. The molecule has 3 aliphatic rings. The molecule has 6 aromatic rings. The maximum atomic E-state index is 12.5. The van der Waals surface area contributed by atoms with Crippen molar-refractivity contribution in [1.29, 1.82) is 0 Å². The number of hydrogen-bond acceptors (Lipinski definition) is 6. The predicted octanol–water partition coefficient (Wildman–Crippen LogP) is 5.02. The summed E-state index contributed by atoms with van der Waals surface area (Å²) >= 11 is 15.2. The van der Waals surface area contributed by atoms with Crippen LogP contribution in [-0.4, -0.2) is 61.7 Å². The molecule has 0 amide bonds. The van der Waals surface area contributed by atoms with E-state index in [1.54, 1.807) is 24.3 Å². The number of aryl methyl sites for hydroxylation is 4. The van der Waals surface area contributed by atoms with Crippen molar-refractivity contribution in [1.82, 2.24) is 19.1 Å². The number of ether oxygens (including phenoxy) is 2. The molecule has 0 aliphatic carbocycles. The summed E-state index contributed by atoms with van der Waals surface area (Å²) in [6, 6.07) is 20.6. The van der Waals surface area contributed by atoms with E-state index in [1.807, 2.05) is 138 Å². The van der Waals surface area contributed by atoms with E-state index in [2.05, 4.69) is 9.97 Å². The molecule has 300 valence electrons. The Labute approximate surface area is 355 Å². The lowest BCUT2D eigenvalue weighted by Gasteiger charge is -2.23. The highest BCUT2D eigenvalue weighted by molar-refractivity contribution is 6.38. The topological polar surface area (TPSA) is 127 Å². The fourth-order valence-corrected chi connectivity index (χ4v) is 8.73. The molecule has 60 heavy (non-hydrogen) atoms. The largest absolute Gasteiger partial charge is 0.465 e. The molecule has 0 saturated carbocycles. The van der Waals surface area contributed by atoms with Crippen LogP contribution in [0.15, 0.2) is 132 Å². The lowest BCUT2D eigenvalue weighted by molar-refractivity contribution is -0.673. The molecule has 8 bridgehead atoms. The Balaban J connectivity index is 1.39. The Morgan fingerprint density at radius 2 is 1.30 bits per heavy atom. The van der Waals surface area contributed by atoms with Crippen LogP contribution in [0, 0.1) is 0 Å². The van der Waals surface area contributed by atoms with Gasteiger partial charge in [0, 0.05) is 22.2 Å². The number of aromatic nitrogens is 6. The molecular formula is C46H40Cl2N8O4+2.